The van der Waals surface area contributed by atoms with Crippen LogP contribution in [-0.4, -0.2) is 26.7 Å². The summed E-state index contributed by atoms with van der Waals surface area (Å²) in [6.07, 6.45) is 4.98. The summed E-state index contributed by atoms with van der Waals surface area (Å²) in [5.74, 6) is 0. The molecule has 0 spiro atoms. The number of aryl methyl sites for hydroxylation is 1. The van der Waals surface area contributed by atoms with Gasteiger partial charge >= 0.3 is 0 Å². The maximum Gasteiger partial charge on any atom is 0.240 e. The fourth-order valence-electron chi connectivity index (χ4n) is 2.93. The van der Waals surface area contributed by atoms with Gasteiger partial charge in [0.1, 0.15) is 0 Å². The van der Waals surface area contributed by atoms with Crippen LogP contribution in [-0.2, 0) is 10.0 Å². The monoisotopic (exact) mass is 331 g/mol. The van der Waals surface area contributed by atoms with Gasteiger partial charge in [-0.3, -0.25) is 0 Å². The van der Waals surface area contributed by atoms with Gasteiger partial charge in [0.25, 0.3) is 0 Å². The van der Waals surface area contributed by atoms with Crippen molar-refractivity contribution in [1.29, 1.82) is 0 Å². The molecule has 0 unspecified atom stereocenters. The molecule has 4 nitrogen and oxygen atoms in total. The minimum Gasteiger partial charge on any atom is -0.396 e. The highest BCUT2D eigenvalue weighted by molar-refractivity contribution is 7.89. The number of aliphatic hydroxyl groups is 1. The molecule has 1 aromatic carbocycles. The predicted molar refractivity (Wildman–Crippen MR) is 84.0 cm³/mol. The Morgan fingerprint density at radius 2 is 1.95 bits per heavy atom. The Labute approximate surface area is 131 Å². The summed E-state index contributed by atoms with van der Waals surface area (Å²) in [5.41, 5.74) is 0.308. The third kappa shape index (κ3) is 3.97. The Bertz CT molecular complexity index is 595. The van der Waals surface area contributed by atoms with Gasteiger partial charge in [-0.05, 0) is 43.5 Å². The van der Waals surface area contributed by atoms with Crippen LogP contribution in [0.4, 0.5) is 0 Å². The van der Waals surface area contributed by atoms with Gasteiger partial charge in [0.2, 0.25) is 10.0 Å². The topological polar surface area (TPSA) is 66.4 Å². The highest BCUT2D eigenvalue weighted by Gasteiger charge is 2.33. The van der Waals surface area contributed by atoms with Crippen molar-refractivity contribution in [3.8, 4) is 0 Å². The first-order chi connectivity index (χ1) is 9.88. The average Bonchev–Trinajstić information content (AvgIpc) is 2.46. The van der Waals surface area contributed by atoms with Gasteiger partial charge < -0.3 is 5.11 Å². The molecule has 6 heteroatoms. The largest absolute Gasteiger partial charge is 0.396 e. The number of rotatable bonds is 5. The maximum atomic E-state index is 12.4. The zero-order chi connectivity index (χ0) is 15.5. The first kappa shape index (κ1) is 16.7. The molecule has 118 valence electrons. The number of benzene rings is 1. The summed E-state index contributed by atoms with van der Waals surface area (Å²) in [5, 5.41) is 10.2. The van der Waals surface area contributed by atoms with Gasteiger partial charge in [-0.25, -0.2) is 13.1 Å². The van der Waals surface area contributed by atoms with Crippen LogP contribution in [0.15, 0.2) is 23.1 Å². The molecular weight excluding hydrogens is 310 g/mol. The standard InChI is InChI=1S/C15H22ClNO3S/c1-12-9-13(16)5-6-14(12)21(19,20)17-10-15(11-18)7-3-2-4-8-15/h5-6,9,17-18H,2-4,7-8,10-11H2,1H3. The van der Waals surface area contributed by atoms with Crippen molar-refractivity contribution in [2.75, 3.05) is 13.2 Å². The quantitative estimate of drug-likeness (QED) is 0.871. The first-order valence-electron chi connectivity index (χ1n) is 7.25. The van der Waals surface area contributed by atoms with E-state index in [4.69, 9.17) is 11.6 Å². The van der Waals surface area contributed by atoms with Crippen molar-refractivity contribution < 1.29 is 13.5 Å². The normalized spacial score (nSPS) is 18.6. The van der Waals surface area contributed by atoms with Crippen LogP contribution in [0.3, 0.4) is 0 Å². The third-order valence-electron chi connectivity index (χ3n) is 4.31. The molecule has 1 aromatic rings. The molecule has 0 bridgehead atoms. The Balaban J connectivity index is 2.13. The van der Waals surface area contributed by atoms with E-state index in [9.17, 15) is 13.5 Å². The number of hydrogen-bond donors (Lipinski definition) is 2. The minimum atomic E-state index is -3.58. The van der Waals surface area contributed by atoms with E-state index < -0.39 is 10.0 Å². The second-order valence-electron chi connectivity index (χ2n) is 5.95. The number of sulfonamides is 1. The van der Waals surface area contributed by atoms with Gasteiger partial charge in [-0.2, -0.15) is 0 Å². The molecule has 2 rings (SSSR count). The number of nitrogens with one attached hydrogen (secondary N) is 1. The molecule has 2 N–H and O–H groups in total. The lowest BCUT2D eigenvalue weighted by Crippen LogP contribution is -2.41. The third-order valence-corrected chi connectivity index (χ3v) is 6.11. The zero-order valence-corrected chi connectivity index (χ0v) is 13.8. The van der Waals surface area contributed by atoms with Gasteiger partial charge in [-0.1, -0.05) is 30.9 Å². The molecular formula is C15H22ClNO3S. The van der Waals surface area contributed by atoms with Gasteiger partial charge in [0.05, 0.1) is 4.90 Å². The highest BCUT2D eigenvalue weighted by atomic mass is 35.5. The van der Waals surface area contributed by atoms with Crippen LogP contribution >= 0.6 is 11.6 Å². The lowest BCUT2D eigenvalue weighted by Gasteiger charge is -2.35. The van der Waals surface area contributed by atoms with Crippen molar-refractivity contribution in [3.05, 3.63) is 28.8 Å². The molecule has 0 amide bonds. The van der Waals surface area contributed by atoms with Gasteiger partial charge in [0.15, 0.2) is 0 Å². The van der Waals surface area contributed by atoms with E-state index >= 15 is 0 Å². The Morgan fingerprint density at radius 3 is 2.52 bits per heavy atom. The predicted octanol–water partition coefficient (Wildman–Crippen LogP) is 2.87. The van der Waals surface area contributed by atoms with Crippen LogP contribution in [0.5, 0.6) is 0 Å². The summed E-state index contributed by atoms with van der Waals surface area (Å²) in [6.45, 7) is 2.03. The fraction of sp³-hybridized carbons (Fsp3) is 0.600. The molecule has 1 aliphatic carbocycles. The molecule has 1 saturated carbocycles. The van der Waals surface area contributed by atoms with Gasteiger partial charge in [-0.15, -0.1) is 0 Å². The van der Waals surface area contributed by atoms with Crippen LogP contribution in [0.1, 0.15) is 37.7 Å². The van der Waals surface area contributed by atoms with Crippen LogP contribution in [0.25, 0.3) is 0 Å². The summed E-state index contributed by atoms with van der Waals surface area (Å²) in [4.78, 5) is 0.246. The lowest BCUT2D eigenvalue weighted by molar-refractivity contribution is 0.0867. The van der Waals surface area contributed by atoms with Gasteiger partial charge in [0, 0.05) is 23.6 Å². The summed E-state index contributed by atoms with van der Waals surface area (Å²) < 4.78 is 27.5. The molecule has 0 heterocycles. The first-order valence-corrected chi connectivity index (χ1v) is 9.11. The second-order valence-corrected chi connectivity index (χ2v) is 8.12. The molecule has 0 aromatic heterocycles. The van der Waals surface area contributed by atoms with Crippen molar-refractivity contribution in [1.82, 2.24) is 4.72 Å². The summed E-state index contributed by atoms with van der Waals surface area (Å²) in [7, 11) is -3.58. The Morgan fingerprint density at radius 1 is 1.29 bits per heavy atom. The molecule has 0 aliphatic heterocycles. The van der Waals surface area contributed by atoms with Crippen LogP contribution in [0, 0.1) is 12.3 Å². The molecule has 0 saturated heterocycles. The van der Waals surface area contributed by atoms with E-state index in [-0.39, 0.29) is 23.5 Å². The summed E-state index contributed by atoms with van der Waals surface area (Å²) in [6, 6.07) is 4.73. The van der Waals surface area contributed by atoms with E-state index in [0.29, 0.717) is 10.6 Å². The van der Waals surface area contributed by atoms with Crippen LogP contribution in [0.2, 0.25) is 5.02 Å². The Hall–Kier alpha value is -0.620. The zero-order valence-electron chi connectivity index (χ0n) is 12.2. The number of hydrogen-bond acceptors (Lipinski definition) is 3. The smallest absolute Gasteiger partial charge is 0.240 e. The highest BCUT2D eigenvalue weighted by Crippen LogP contribution is 2.35. The van der Waals surface area contributed by atoms with Crippen LogP contribution < -0.4 is 4.72 Å². The van der Waals surface area contributed by atoms with E-state index in [1.807, 2.05) is 0 Å². The maximum absolute atomic E-state index is 12.4. The minimum absolute atomic E-state index is 0.0229. The number of aliphatic hydroxyl groups excluding tert-OH is 1. The second kappa shape index (κ2) is 6.65. The van der Waals surface area contributed by atoms with E-state index in [2.05, 4.69) is 4.72 Å². The molecule has 21 heavy (non-hydrogen) atoms. The van der Waals surface area contributed by atoms with E-state index in [1.165, 1.54) is 6.07 Å². The summed E-state index contributed by atoms with van der Waals surface area (Å²) >= 11 is 5.86. The average molecular weight is 332 g/mol. The van der Waals surface area contributed by atoms with Crippen molar-refractivity contribution >= 4 is 21.6 Å². The molecule has 1 aliphatic rings. The van der Waals surface area contributed by atoms with Crippen molar-refractivity contribution in [2.45, 2.75) is 43.9 Å². The SMILES string of the molecule is Cc1cc(Cl)ccc1S(=O)(=O)NCC1(CO)CCCCC1. The van der Waals surface area contributed by atoms with Crippen molar-refractivity contribution in [2.24, 2.45) is 5.41 Å². The molecule has 1 fully saturated rings. The molecule has 0 atom stereocenters. The van der Waals surface area contributed by atoms with E-state index in [0.717, 1.165) is 32.1 Å². The van der Waals surface area contributed by atoms with Crippen molar-refractivity contribution in [3.63, 3.8) is 0 Å². The molecule has 0 radical (unpaired) electrons. The lowest BCUT2D eigenvalue weighted by atomic mass is 9.75. The van der Waals surface area contributed by atoms with E-state index in [1.54, 1.807) is 19.1 Å². The fourth-order valence-corrected chi connectivity index (χ4v) is 4.54. The Kier molecular flexibility index (Phi) is 5.30. The number of halogens is 1.